The molecule has 1 aromatic carbocycles. The van der Waals surface area contributed by atoms with Crippen LogP contribution in [0.15, 0.2) is 24.3 Å². The summed E-state index contributed by atoms with van der Waals surface area (Å²) in [6.45, 7) is 1.40. The molecule has 2 aliphatic rings. The molecular weight excluding hydrogens is 268 g/mol. The first-order valence-electron chi connectivity index (χ1n) is 7.49. The number of rotatable bonds is 4. The van der Waals surface area contributed by atoms with Crippen molar-refractivity contribution < 1.29 is 14.6 Å². The fraction of sp³-hybridized carbons (Fsp3) is 0.562. The number of nitrogens with two attached hydrogens (primary N) is 1. The summed E-state index contributed by atoms with van der Waals surface area (Å²) in [7, 11) is 0. The molecule has 0 unspecified atom stereocenters. The van der Waals surface area contributed by atoms with E-state index in [1.54, 1.807) is 0 Å². The Morgan fingerprint density at radius 3 is 2.38 bits per heavy atom. The molecule has 1 saturated carbocycles. The Hall–Kier alpha value is -1.59. The van der Waals surface area contributed by atoms with Gasteiger partial charge in [0.15, 0.2) is 0 Å². The Bertz CT molecular complexity index is 517. The molecule has 21 heavy (non-hydrogen) atoms. The maximum atomic E-state index is 12.5. The molecule has 1 aromatic rings. The smallest absolute Gasteiger partial charge is 0.230 e. The number of carbonyl (C=O) groups is 1. The SMILES string of the molecule is Nc1ccc(C2(C(=O)NCC3(O)CCOCC3)CC2)cc1. The van der Waals surface area contributed by atoms with Crippen LogP contribution in [-0.2, 0) is 14.9 Å². The molecule has 0 bridgehead atoms. The highest BCUT2D eigenvalue weighted by Crippen LogP contribution is 2.48. The van der Waals surface area contributed by atoms with Crippen LogP contribution >= 0.6 is 0 Å². The highest BCUT2D eigenvalue weighted by atomic mass is 16.5. The Kier molecular flexibility index (Phi) is 3.63. The second-order valence-corrected chi connectivity index (χ2v) is 6.22. The third-order valence-electron chi connectivity index (χ3n) is 4.65. The number of anilines is 1. The summed E-state index contributed by atoms with van der Waals surface area (Å²) in [4.78, 5) is 12.5. The van der Waals surface area contributed by atoms with Gasteiger partial charge >= 0.3 is 0 Å². The fourth-order valence-electron chi connectivity index (χ4n) is 2.92. The van der Waals surface area contributed by atoms with Crippen molar-refractivity contribution in [3.8, 4) is 0 Å². The largest absolute Gasteiger partial charge is 0.399 e. The Morgan fingerprint density at radius 1 is 1.19 bits per heavy atom. The van der Waals surface area contributed by atoms with E-state index in [0.717, 1.165) is 18.4 Å². The van der Waals surface area contributed by atoms with Crippen LogP contribution in [0.3, 0.4) is 0 Å². The molecule has 1 aliphatic heterocycles. The van der Waals surface area contributed by atoms with Gasteiger partial charge in [-0.25, -0.2) is 0 Å². The Morgan fingerprint density at radius 2 is 1.81 bits per heavy atom. The monoisotopic (exact) mass is 290 g/mol. The summed E-state index contributed by atoms with van der Waals surface area (Å²) in [6.07, 6.45) is 2.85. The number of hydrogen-bond acceptors (Lipinski definition) is 4. The van der Waals surface area contributed by atoms with Crippen LogP contribution in [0.4, 0.5) is 5.69 Å². The summed E-state index contributed by atoms with van der Waals surface area (Å²) < 4.78 is 5.25. The molecule has 1 saturated heterocycles. The van der Waals surface area contributed by atoms with E-state index in [0.29, 0.717) is 38.3 Å². The Labute approximate surface area is 124 Å². The van der Waals surface area contributed by atoms with Crippen LogP contribution in [0.2, 0.25) is 0 Å². The lowest BCUT2D eigenvalue weighted by Gasteiger charge is -2.32. The summed E-state index contributed by atoms with van der Waals surface area (Å²) in [5.41, 5.74) is 6.15. The number of benzene rings is 1. The van der Waals surface area contributed by atoms with E-state index in [4.69, 9.17) is 10.5 Å². The third kappa shape index (κ3) is 2.89. The van der Waals surface area contributed by atoms with E-state index in [2.05, 4.69) is 5.32 Å². The second kappa shape index (κ2) is 5.31. The van der Waals surface area contributed by atoms with Gasteiger partial charge in [0, 0.05) is 38.3 Å². The van der Waals surface area contributed by atoms with Gasteiger partial charge in [-0.05, 0) is 30.5 Å². The normalized spacial score (nSPS) is 22.5. The number of nitrogen functional groups attached to an aromatic ring is 1. The first kappa shape index (κ1) is 14.4. The van der Waals surface area contributed by atoms with Crippen LogP contribution in [0, 0.1) is 0 Å². The van der Waals surface area contributed by atoms with Gasteiger partial charge in [-0.2, -0.15) is 0 Å². The lowest BCUT2D eigenvalue weighted by atomic mass is 9.92. The molecule has 2 fully saturated rings. The number of aliphatic hydroxyl groups is 1. The summed E-state index contributed by atoms with van der Waals surface area (Å²) >= 11 is 0. The Balaban J connectivity index is 1.63. The van der Waals surface area contributed by atoms with Crippen LogP contribution in [0.5, 0.6) is 0 Å². The summed E-state index contributed by atoms with van der Waals surface area (Å²) in [5, 5.41) is 13.3. The number of ether oxygens (including phenoxy) is 1. The van der Waals surface area contributed by atoms with Gasteiger partial charge in [0.05, 0.1) is 11.0 Å². The molecule has 4 N–H and O–H groups in total. The van der Waals surface area contributed by atoms with Crippen LogP contribution in [-0.4, -0.2) is 36.4 Å². The quantitative estimate of drug-likeness (QED) is 0.721. The lowest BCUT2D eigenvalue weighted by molar-refractivity contribution is -0.126. The van der Waals surface area contributed by atoms with Crippen molar-refractivity contribution in [2.75, 3.05) is 25.5 Å². The topological polar surface area (TPSA) is 84.6 Å². The van der Waals surface area contributed by atoms with Crippen LogP contribution in [0.1, 0.15) is 31.2 Å². The molecule has 1 amide bonds. The second-order valence-electron chi connectivity index (χ2n) is 6.22. The van der Waals surface area contributed by atoms with Crippen molar-refractivity contribution in [2.24, 2.45) is 0 Å². The highest BCUT2D eigenvalue weighted by molar-refractivity contribution is 5.91. The van der Waals surface area contributed by atoms with E-state index in [-0.39, 0.29) is 5.91 Å². The van der Waals surface area contributed by atoms with Crippen molar-refractivity contribution in [2.45, 2.75) is 36.7 Å². The lowest BCUT2D eigenvalue weighted by Crippen LogP contribution is -2.48. The highest BCUT2D eigenvalue weighted by Gasteiger charge is 2.51. The van der Waals surface area contributed by atoms with Gasteiger partial charge in [-0.3, -0.25) is 4.79 Å². The predicted octanol–water partition coefficient (Wildman–Crippen LogP) is 0.958. The average Bonchev–Trinajstić information content (AvgIpc) is 3.28. The van der Waals surface area contributed by atoms with E-state index >= 15 is 0 Å². The summed E-state index contributed by atoms with van der Waals surface area (Å²) in [5.74, 6) is 0.00666. The van der Waals surface area contributed by atoms with E-state index in [9.17, 15) is 9.90 Å². The van der Waals surface area contributed by atoms with Gasteiger partial charge in [0.25, 0.3) is 0 Å². The van der Waals surface area contributed by atoms with Gasteiger partial charge in [-0.15, -0.1) is 0 Å². The maximum absolute atomic E-state index is 12.5. The number of amides is 1. The molecule has 0 radical (unpaired) electrons. The number of nitrogens with one attached hydrogen (secondary N) is 1. The molecule has 0 aromatic heterocycles. The predicted molar refractivity (Wildman–Crippen MR) is 79.8 cm³/mol. The molecule has 0 spiro atoms. The third-order valence-corrected chi connectivity index (χ3v) is 4.65. The molecule has 3 rings (SSSR count). The molecule has 5 nitrogen and oxygen atoms in total. The van der Waals surface area contributed by atoms with Crippen molar-refractivity contribution in [1.29, 1.82) is 0 Å². The summed E-state index contributed by atoms with van der Waals surface area (Å²) in [6, 6.07) is 7.50. The number of hydrogen-bond donors (Lipinski definition) is 3. The van der Waals surface area contributed by atoms with Gasteiger partial charge < -0.3 is 20.9 Å². The van der Waals surface area contributed by atoms with Crippen molar-refractivity contribution in [3.63, 3.8) is 0 Å². The zero-order chi connectivity index (χ0) is 14.9. The standard InChI is InChI=1S/C16H22N2O3/c17-13-3-1-12(2-4-13)16(5-6-16)14(19)18-11-15(20)7-9-21-10-8-15/h1-4,20H,5-11,17H2,(H,18,19). The molecule has 0 atom stereocenters. The van der Waals surface area contributed by atoms with Gasteiger partial charge in [0.2, 0.25) is 5.91 Å². The number of carbonyl (C=O) groups excluding carboxylic acids is 1. The van der Waals surface area contributed by atoms with E-state index in [1.165, 1.54) is 0 Å². The zero-order valence-electron chi connectivity index (χ0n) is 12.1. The fourth-order valence-corrected chi connectivity index (χ4v) is 2.92. The van der Waals surface area contributed by atoms with Gasteiger partial charge in [-0.1, -0.05) is 12.1 Å². The molecule has 1 heterocycles. The molecular formula is C16H22N2O3. The van der Waals surface area contributed by atoms with Crippen LogP contribution in [0.25, 0.3) is 0 Å². The average molecular weight is 290 g/mol. The van der Waals surface area contributed by atoms with Crippen molar-refractivity contribution in [3.05, 3.63) is 29.8 Å². The minimum absolute atomic E-state index is 0.00666. The van der Waals surface area contributed by atoms with Crippen molar-refractivity contribution in [1.82, 2.24) is 5.32 Å². The molecule has 1 aliphatic carbocycles. The maximum Gasteiger partial charge on any atom is 0.230 e. The van der Waals surface area contributed by atoms with Crippen molar-refractivity contribution >= 4 is 11.6 Å². The van der Waals surface area contributed by atoms with E-state index in [1.807, 2.05) is 24.3 Å². The first-order valence-corrected chi connectivity index (χ1v) is 7.49. The minimum Gasteiger partial charge on any atom is -0.399 e. The van der Waals surface area contributed by atoms with Gasteiger partial charge in [0.1, 0.15) is 0 Å². The molecule has 114 valence electrons. The zero-order valence-corrected chi connectivity index (χ0v) is 12.1. The minimum atomic E-state index is -0.828. The first-order chi connectivity index (χ1) is 10.0. The van der Waals surface area contributed by atoms with Crippen LogP contribution < -0.4 is 11.1 Å². The van der Waals surface area contributed by atoms with E-state index < -0.39 is 11.0 Å². The molecule has 5 heteroatoms.